The second-order valence-corrected chi connectivity index (χ2v) is 10.1. The quantitative estimate of drug-likeness (QED) is 0.570. The van der Waals surface area contributed by atoms with E-state index in [0.29, 0.717) is 27.7 Å². The summed E-state index contributed by atoms with van der Waals surface area (Å²) < 4.78 is 26.0. The van der Waals surface area contributed by atoms with Crippen molar-refractivity contribution >= 4 is 50.7 Å². The maximum Gasteiger partial charge on any atom is 0.244 e. The topological polar surface area (TPSA) is 86.8 Å². The van der Waals surface area contributed by atoms with Crippen LogP contribution in [0.3, 0.4) is 0 Å². The molecule has 2 amide bonds. The van der Waals surface area contributed by atoms with E-state index in [2.05, 4.69) is 5.32 Å². The molecule has 0 aromatic heterocycles. The van der Waals surface area contributed by atoms with Gasteiger partial charge in [0.05, 0.1) is 22.0 Å². The highest BCUT2D eigenvalue weighted by atomic mass is 35.5. The second-order valence-electron chi connectivity index (χ2n) is 7.41. The number of benzene rings is 2. The van der Waals surface area contributed by atoms with E-state index in [1.54, 1.807) is 49.4 Å². The molecule has 32 heavy (non-hydrogen) atoms. The third kappa shape index (κ3) is 6.60. The Bertz CT molecular complexity index is 1080. The lowest BCUT2D eigenvalue weighted by Gasteiger charge is -2.32. The third-order valence-electron chi connectivity index (χ3n) is 4.97. The van der Waals surface area contributed by atoms with Crippen LogP contribution in [0.4, 0.5) is 5.69 Å². The van der Waals surface area contributed by atoms with Gasteiger partial charge in [-0.3, -0.25) is 13.9 Å². The van der Waals surface area contributed by atoms with E-state index in [1.807, 2.05) is 6.92 Å². The van der Waals surface area contributed by atoms with Crippen molar-refractivity contribution in [3.05, 3.63) is 63.6 Å². The number of carbonyl (C=O) groups excluding carboxylic acids is 2. The highest BCUT2D eigenvalue weighted by Gasteiger charge is 2.31. The van der Waals surface area contributed by atoms with Crippen LogP contribution in [0.2, 0.25) is 10.0 Å². The summed E-state index contributed by atoms with van der Waals surface area (Å²) in [5, 5.41) is 3.26. The number of nitrogens with zero attached hydrogens (tertiary/aromatic N) is 2. The van der Waals surface area contributed by atoms with Crippen molar-refractivity contribution in [1.82, 2.24) is 10.2 Å². The van der Waals surface area contributed by atoms with E-state index in [9.17, 15) is 18.0 Å². The number of nitrogens with one attached hydrogen (secondary N) is 1. The zero-order valence-electron chi connectivity index (χ0n) is 18.4. The number of sulfonamides is 1. The Kier molecular flexibility index (Phi) is 8.95. The predicted octanol–water partition coefficient (Wildman–Crippen LogP) is 3.62. The average molecular weight is 500 g/mol. The maximum atomic E-state index is 13.4. The minimum absolute atomic E-state index is 0.0626. The van der Waals surface area contributed by atoms with Gasteiger partial charge < -0.3 is 10.2 Å². The van der Waals surface area contributed by atoms with Crippen LogP contribution in [-0.2, 0) is 26.2 Å². The van der Waals surface area contributed by atoms with E-state index in [-0.39, 0.29) is 12.5 Å². The summed E-state index contributed by atoms with van der Waals surface area (Å²) in [4.78, 5) is 27.3. The molecular weight excluding hydrogens is 473 g/mol. The molecule has 0 unspecified atom stereocenters. The van der Waals surface area contributed by atoms with Crippen LogP contribution in [-0.4, -0.2) is 51.0 Å². The van der Waals surface area contributed by atoms with Crippen molar-refractivity contribution in [3.63, 3.8) is 0 Å². The summed E-state index contributed by atoms with van der Waals surface area (Å²) in [5.41, 5.74) is 1.99. The first kappa shape index (κ1) is 26.0. The Morgan fingerprint density at radius 1 is 1.06 bits per heavy atom. The lowest BCUT2D eigenvalue weighted by Crippen LogP contribution is -2.51. The number of rotatable bonds is 9. The molecule has 10 heteroatoms. The Morgan fingerprint density at radius 2 is 1.69 bits per heavy atom. The summed E-state index contributed by atoms with van der Waals surface area (Å²) in [6.07, 6.45) is 1.38. The minimum Gasteiger partial charge on any atom is -0.357 e. The van der Waals surface area contributed by atoms with Crippen molar-refractivity contribution in [3.8, 4) is 0 Å². The first-order valence-corrected chi connectivity index (χ1v) is 12.6. The molecule has 2 aromatic rings. The summed E-state index contributed by atoms with van der Waals surface area (Å²) in [5.74, 6) is -0.861. The smallest absolute Gasteiger partial charge is 0.244 e. The van der Waals surface area contributed by atoms with Crippen molar-refractivity contribution < 1.29 is 18.0 Å². The molecule has 1 N–H and O–H groups in total. The number of anilines is 1. The van der Waals surface area contributed by atoms with Crippen molar-refractivity contribution in [2.45, 2.75) is 32.9 Å². The van der Waals surface area contributed by atoms with Gasteiger partial charge >= 0.3 is 0 Å². The van der Waals surface area contributed by atoms with Gasteiger partial charge in [-0.1, -0.05) is 53.9 Å². The Morgan fingerprint density at radius 3 is 2.19 bits per heavy atom. The van der Waals surface area contributed by atoms with E-state index in [0.717, 1.165) is 16.1 Å². The van der Waals surface area contributed by atoms with Gasteiger partial charge in [-0.25, -0.2) is 8.42 Å². The van der Waals surface area contributed by atoms with Crippen LogP contribution in [0, 0.1) is 6.92 Å². The lowest BCUT2D eigenvalue weighted by molar-refractivity contribution is -0.140. The zero-order valence-corrected chi connectivity index (χ0v) is 20.8. The van der Waals surface area contributed by atoms with Crippen molar-refractivity contribution in [2.75, 3.05) is 24.2 Å². The summed E-state index contributed by atoms with van der Waals surface area (Å²) in [7, 11) is -2.27. The average Bonchev–Trinajstić information content (AvgIpc) is 2.74. The highest BCUT2D eigenvalue weighted by molar-refractivity contribution is 7.92. The number of likely N-dealkylation sites (N-methyl/N-ethyl adjacent to an activating group) is 1. The number of amides is 2. The molecule has 0 aliphatic carbocycles. The minimum atomic E-state index is -3.76. The largest absolute Gasteiger partial charge is 0.357 e. The molecule has 0 bridgehead atoms. The molecule has 0 saturated heterocycles. The van der Waals surface area contributed by atoms with Crippen molar-refractivity contribution in [2.24, 2.45) is 0 Å². The monoisotopic (exact) mass is 499 g/mol. The molecule has 7 nitrogen and oxygen atoms in total. The normalized spacial score (nSPS) is 12.2. The van der Waals surface area contributed by atoms with Crippen LogP contribution in [0.5, 0.6) is 0 Å². The van der Waals surface area contributed by atoms with Crippen LogP contribution >= 0.6 is 23.2 Å². The fraction of sp³-hybridized carbons (Fsp3) is 0.364. The van der Waals surface area contributed by atoms with E-state index in [4.69, 9.17) is 23.2 Å². The first-order chi connectivity index (χ1) is 15.0. The maximum absolute atomic E-state index is 13.4. The Hall–Kier alpha value is -2.29. The first-order valence-electron chi connectivity index (χ1n) is 9.97. The van der Waals surface area contributed by atoms with Gasteiger partial charge in [-0.2, -0.15) is 0 Å². The molecule has 0 aliphatic rings. The molecule has 0 fully saturated rings. The van der Waals surface area contributed by atoms with E-state index < -0.39 is 28.5 Å². The standard InChI is InChI=1S/C22H27Cl2N3O4S/c1-5-20(22(29)25-3)26(13-16-8-11-18(23)19(24)12-16)21(28)14-27(32(4,30)31)17-9-6-15(2)7-10-17/h6-12,20H,5,13-14H2,1-4H3,(H,25,29)/t20-/m1/s1. The fourth-order valence-electron chi connectivity index (χ4n) is 3.25. The van der Waals surface area contributed by atoms with E-state index >= 15 is 0 Å². The molecule has 2 aromatic carbocycles. The molecule has 174 valence electrons. The fourth-order valence-corrected chi connectivity index (χ4v) is 4.42. The van der Waals surface area contributed by atoms with Crippen LogP contribution in [0.25, 0.3) is 0 Å². The Balaban J connectivity index is 2.43. The van der Waals surface area contributed by atoms with Gasteiger partial charge in [-0.15, -0.1) is 0 Å². The molecule has 0 heterocycles. The number of carbonyl (C=O) groups is 2. The van der Waals surface area contributed by atoms with Crippen LogP contribution < -0.4 is 9.62 Å². The van der Waals surface area contributed by atoms with Gasteiger partial charge in [0, 0.05) is 13.6 Å². The van der Waals surface area contributed by atoms with Gasteiger partial charge in [-0.05, 0) is 43.2 Å². The molecule has 1 atom stereocenters. The van der Waals surface area contributed by atoms with Crippen molar-refractivity contribution in [1.29, 1.82) is 0 Å². The summed E-state index contributed by atoms with van der Waals surface area (Å²) in [6.45, 7) is 3.28. The molecule has 0 radical (unpaired) electrons. The van der Waals surface area contributed by atoms with Crippen LogP contribution in [0.15, 0.2) is 42.5 Å². The number of aryl methyl sites for hydroxylation is 1. The number of hydrogen-bond donors (Lipinski definition) is 1. The molecule has 0 spiro atoms. The second kappa shape index (κ2) is 11.0. The highest BCUT2D eigenvalue weighted by Crippen LogP contribution is 2.25. The molecule has 0 aliphatic heterocycles. The van der Waals surface area contributed by atoms with E-state index in [1.165, 1.54) is 11.9 Å². The molecule has 0 saturated carbocycles. The third-order valence-corrected chi connectivity index (χ3v) is 6.85. The SMILES string of the molecule is CC[C@H](C(=O)NC)N(Cc1ccc(Cl)c(Cl)c1)C(=O)CN(c1ccc(C)cc1)S(C)(=O)=O. The molecule has 2 rings (SSSR count). The van der Waals surface area contributed by atoms with Gasteiger partial charge in [0.15, 0.2) is 0 Å². The predicted molar refractivity (Wildman–Crippen MR) is 129 cm³/mol. The van der Waals surface area contributed by atoms with Gasteiger partial charge in [0.25, 0.3) is 0 Å². The Labute approximate surface area is 199 Å². The number of hydrogen-bond acceptors (Lipinski definition) is 4. The van der Waals surface area contributed by atoms with Gasteiger partial charge in [0.1, 0.15) is 12.6 Å². The van der Waals surface area contributed by atoms with Crippen LogP contribution in [0.1, 0.15) is 24.5 Å². The number of halogens is 2. The molecular formula is C22H27Cl2N3O4S. The zero-order chi connectivity index (χ0) is 24.1. The van der Waals surface area contributed by atoms with Gasteiger partial charge in [0.2, 0.25) is 21.8 Å². The lowest BCUT2D eigenvalue weighted by atomic mass is 10.1. The summed E-state index contributed by atoms with van der Waals surface area (Å²) in [6, 6.07) is 11.0. The summed E-state index contributed by atoms with van der Waals surface area (Å²) >= 11 is 12.1.